The number of nitrogens with one attached hydrogen (secondary N) is 1. The third kappa shape index (κ3) is 3.53. The number of hydrogen-bond donors (Lipinski definition) is 1. The van der Waals surface area contributed by atoms with Gasteiger partial charge in [-0.1, -0.05) is 35.3 Å². The lowest BCUT2D eigenvalue weighted by atomic mass is 10.0. The summed E-state index contributed by atoms with van der Waals surface area (Å²) in [6, 6.07) is 6.22. The summed E-state index contributed by atoms with van der Waals surface area (Å²) in [6.07, 6.45) is 2.97. The van der Waals surface area contributed by atoms with Crippen LogP contribution in [-0.4, -0.2) is 37.0 Å². The molecular weight excluding hydrogens is 343 g/mol. The number of halogens is 3. The Labute approximate surface area is 147 Å². The first-order valence-electron chi connectivity index (χ1n) is 7.51. The molecule has 1 heterocycles. The zero-order valence-corrected chi connectivity index (χ0v) is 14.8. The molecule has 1 aliphatic carbocycles. The molecule has 22 heavy (non-hydrogen) atoms. The first-order chi connectivity index (χ1) is 10.1. The van der Waals surface area contributed by atoms with Gasteiger partial charge in [0.2, 0.25) is 5.91 Å². The number of benzene rings is 1. The largest absolute Gasteiger partial charge is 0.342 e. The van der Waals surface area contributed by atoms with E-state index < -0.39 is 0 Å². The second-order valence-corrected chi connectivity index (χ2v) is 6.77. The van der Waals surface area contributed by atoms with Gasteiger partial charge in [-0.05, 0) is 43.9 Å². The van der Waals surface area contributed by atoms with Crippen molar-refractivity contribution >= 4 is 41.5 Å². The van der Waals surface area contributed by atoms with Gasteiger partial charge in [0.15, 0.2) is 0 Å². The highest BCUT2D eigenvalue weighted by molar-refractivity contribution is 6.42. The van der Waals surface area contributed by atoms with Gasteiger partial charge < -0.3 is 10.2 Å². The van der Waals surface area contributed by atoms with Crippen LogP contribution in [0.4, 0.5) is 0 Å². The van der Waals surface area contributed by atoms with E-state index in [4.69, 9.17) is 23.2 Å². The van der Waals surface area contributed by atoms with E-state index in [1.807, 2.05) is 24.1 Å². The van der Waals surface area contributed by atoms with Crippen molar-refractivity contribution < 1.29 is 4.79 Å². The van der Waals surface area contributed by atoms with Gasteiger partial charge in [-0.25, -0.2) is 0 Å². The molecule has 1 aromatic carbocycles. The second kappa shape index (κ2) is 7.39. The maximum Gasteiger partial charge on any atom is 0.226 e. The molecule has 2 fully saturated rings. The van der Waals surface area contributed by atoms with E-state index in [0.29, 0.717) is 16.1 Å². The summed E-state index contributed by atoms with van der Waals surface area (Å²) in [7, 11) is 1.99. The SMILES string of the molecule is CNC1CCN(C(=O)C2CC2c2cccc(Cl)c2Cl)CC1.Cl. The van der Waals surface area contributed by atoms with E-state index in [9.17, 15) is 4.79 Å². The van der Waals surface area contributed by atoms with Crippen LogP contribution in [0.1, 0.15) is 30.7 Å². The maximum absolute atomic E-state index is 12.6. The van der Waals surface area contributed by atoms with Crippen molar-refractivity contribution in [1.29, 1.82) is 0 Å². The third-order valence-corrected chi connectivity index (χ3v) is 5.54. The first-order valence-corrected chi connectivity index (χ1v) is 8.27. The molecule has 1 amide bonds. The Hall–Kier alpha value is -0.480. The molecule has 1 saturated carbocycles. The zero-order valence-electron chi connectivity index (χ0n) is 12.5. The lowest BCUT2D eigenvalue weighted by molar-refractivity contribution is -0.133. The molecule has 3 nitrogen and oxygen atoms in total. The molecule has 0 radical (unpaired) electrons. The maximum atomic E-state index is 12.6. The molecule has 2 unspecified atom stereocenters. The van der Waals surface area contributed by atoms with Crippen LogP contribution in [-0.2, 0) is 4.79 Å². The molecule has 0 aromatic heterocycles. The minimum absolute atomic E-state index is 0. The van der Waals surface area contributed by atoms with E-state index in [-0.39, 0.29) is 30.2 Å². The van der Waals surface area contributed by atoms with Crippen molar-refractivity contribution in [3.05, 3.63) is 33.8 Å². The summed E-state index contributed by atoms with van der Waals surface area (Å²) >= 11 is 12.3. The Bertz CT molecular complexity index is 544. The number of piperidine rings is 1. The average molecular weight is 364 g/mol. The Morgan fingerprint density at radius 1 is 1.27 bits per heavy atom. The molecule has 0 bridgehead atoms. The van der Waals surface area contributed by atoms with E-state index in [1.54, 1.807) is 6.07 Å². The van der Waals surface area contributed by atoms with Gasteiger partial charge in [-0.2, -0.15) is 0 Å². The highest BCUT2D eigenvalue weighted by Crippen LogP contribution is 2.51. The van der Waals surface area contributed by atoms with Crippen molar-refractivity contribution in [2.24, 2.45) is 5.92 Å². The summed E-state index contributed by atoms with van der Waals surface area (Å²) in [5, 5.41) is 4.46. The standard InChI is InChI=1S/C16H20Cl2N2O.ClH/c1-19-10-5-7-20(8-6-10)16(21)13-9-12(13)11-3-2-4-14(17)15(11)18;/h2-4,10,12-13,19H,5-9H2,1H3;1H. The molecule has 1 aliphatic heterocycles. The second-order valence-electron chi connectivity index (χ2n) is 5.98. The van der Waals surface area contributed by atoms with Crippen molar-refractivity contribution in [1.82, 2.24) is 10.2 Å². The fraction of sp³-hybridized carbons (Fsp3) is 0.562. The van der Waals surface area contributed by atoms with Gasteiger partial charge in [0.1, 0.15) is 0 Å². The monoisotopic (exact) mass is 362 g/mol. The normalized spacial score (nSPS) is 24.8. The summed E-state index contributed by atoms with van der Waals surface area (Å²) in [5.41, 5.74) is 1.02. The quantitative estimate of drug-likeness (QED) is 0.887. The Morgan fingerprint density at radius 2 is 1.95 bits per heavy atom. The molecule has 6 heteroatoms. The van der Waals surface area contributed by atoms with Crippen LogP contribution < -0.4 is 5.32 Å². The Balaban J connectivity index is 0.00000176. The molecule has 2 aliphatic rings. The predicted octanol–water partition coefficient (Wildman–Crippen LogP) is 3.73. The van der Waals surface area contributed by atoms with Crippen LogP contribution >= 0.6 is 35.6 Å². The van der Waals surface area contributed by atoms with Crippen LogP contribution in [0.3, 0.4) is 0 Å². The number of hydrogen-bond acceptors (Lipinski definition) is 2. The summed E-state index contributed by atoms with van der Waals surface area (Å²) in [5.74, 6) is 0.614. The Kier molecular flexibility index (Phi) is 6.00. The van der Waals surface area contributed by atoms with Gasteiger partial charge in [0.25, 0.3) is 0 Å². The smallest absolute Gasteiger partial charge is 0.226 e. The first kappa shape index (κ1) is 17.9. The number of nitrogens with zero attached hydrogens (tertiary/aromatic N) is 1. The van der Waals surface area contributed by atoms with Gasteiger partial charge in [-0.15, -0.1) is 12.4 Å². The van der Waals surface area contributed by atoms with Crippen LogP contribution in [0.5, 0.6) is 0 Å². The number of carbonyl (C=O) groups excluding carboxylic acids is 1. The van der Waals surface area contributed by atoms with Crippen molar-refractivity contribution in [3.8, 4) is 0 Å². The van der Waals surface area contributed by atoms with Crippen LogP contribution in [0.2, 0.25) is 10.0 Å². The fourth-order valence-corrected chi connectivity index (χ4v) is 3.69. The number of likely N-dealkylation sites (tertiary alicyclic amines) is 1. The topological polar surface area (TPSA) is 32.3 Å². The molecule has 1 saturated heterocycles. The van der Waals surface area contributed by atoms with Crippen molar-refractivity contribution in [3.63, 3.8) is 0 Å². The highest BCUT2D eigenvalue weighted by atomic mass is 35.5. The number of carbonyl (C=O) groups is 1. The molecule has 3 rings (SSSR count). The van der Waals surface area contributed by atoms with Gasteiger partial charge >= 0.3 is 0 Å². The lowest BCUT2D eigenvalue weighted by Gasteiger charge is -2.32. The predicted molar refractivity (Wildman–Crippen MR) is 93.2 cm³/mol. The van der Waals surface area contributed by atoms with E-state index in [0.717, 1.165) is 37.9 Å². The number of rotatable bonds is 3. The van der Waals surface area contributed by atoms with Gasteiger partial charge in [0.05, 0.1) is 10.0 Å². The minimum atomic E-state index is 0. The molecule has 122 valence electrons. The minimum Gasteiger partial charge on any atom is -0.342 e. The van der Waals surface area contributed by atoms with Crippen molar-refractivity contribution in [2.45, 2.75) is 31.2 Å². The van der Waals surface area contributed by atoms with E-state index in [1.165, 1.54) is 0 Å². The van der Waals surface area contributed by atoms with Gasteiger partial charge in [-0.3, -0.25) is 4.79 Å². The molecule has 1 aromatic rings. The summed E-state index contributed by atoms with van der Waals surface area (Å²) in [6.45, 7) is 1.72. The van der Waals surface area contributed by atoms with Crippen LogP contribution in [0, 0.1) is 5.92 Å². The van der Waals surface area contributed by atoms with Crippen LogP contribution in [0.15, 0.2) is 18.2 Å². The molecule has 0 spiro atoms. The lowest BCUT2D eigenvalue weighted by Crippen LogP contribution is -2.44. The molecular formula is C16H21Cl3N2O. The zero-order chi connectivity index (χ0) is 15.0. The summed E-state index contributed by atoms with van der Waals surface area (Å²) in [4.78, 5) is 14.6. The van der Waals surface area contributed by atoms with Gasteiger partial charge in [0, 0.05) is 25.0 Å². The van der Waals surface area contributed by atoms with Crippen LogP contribution in [0.25, 0.3) is 0 Å². The average Bonchev–Trinajstić information content (AvgIpc) is 3.30. The van der Waals surface area contributed by atoms with Crippen molar-refractivity contribution in [2.75, 3.05) is 20.1 Å². The highest BCUT2D eigenvalue weighted by Gasteiger charge is 2.47. The fourth-order valence-electron chi connectivity index (χ4n) is 3.24. The third-order valence-electron chi connectivity index (χ3n) is 4.70. The Morgan fingerprint density at radius 3 is 2.59 bits per heavy atom. The summed E-state index contributed by atoms with van der Waals surface area (Å²) < 4.78 is 0. The molecule has 1 N–H and O–H groups in total. The molecule has 2 atom stereocenters. The van der Waals surface area contributed by atoms with E-state index >= 15 is 0 Å². The number of amides is 1. The van der Waals surface area contributed by atoms with E-state index in [2.05, 4.69) is 5.32 Å².